The van der Waals surface area contributed by atoms with E-state index in [1.54, 1.807) is 23.3 Å². The van der Waals surface area contributed by atoms with E-state index in [-0.39, 0.29) is 53.5 Å². The van der Waals surface area contributed by atoms with Crippen LogP contribution >= 0.6 is 31.6 Å². The zero-order valence-electron chi connectivity index (χ0n) is 31.9. The molecule has 3 aromatic rings. The number of aliphatic hydroxyl groups is 1. The molecule has 1 N–H and O–H groups in total. The van der Waals surface area contributed by atoms with Crippen molar-refractivity contribution in [2.75, 3.05) is 53.7 Å². The van der Waals surface area contributed by atoms with Gasteiger partial charge in [0.15, 0.2) is 0 Å². The number of benzene rings is 1. The van der Waals surface area contributed by atoms with Crippen LogP contribution in [0.3, 0.4) is 0 Å². The van der Waals surface area contributed by atoms with Crippen molar-refractivity contribution in [2.45, 2.75) is 96.0 Å². The molecule has 5 fully saturated rings. The summed E-state index contributed by atoms with van der Waals surface area (Å²) in [5.41, 5.74) is 3.86. The number of halogens is 1. The van der Waals surface area contributed by atoms with Gasteiger partial charge >= 0.3 is 271 Å². The van der Waals surface area contributed by atoms with E-state index in [0.717, 1.165) is 87.2 Å². The third kappa shape index (κ3) is 8.26. The van der Waals surface area contributed by atoms with Crippen molar-refractivity contribution < 1.29 is 27.2 Å². The number of amides is 2. The van der Waals surface area contributed by atoms with Gasteiger partial charge in [-0.1, -0.05) is 20.8 Å². The summed E-state index contributed by atoms with van der Waals surface area (Å²) in [5.74, 6) is 1.70. The van der Waals surface area contributed by atoms with Gasteiger partial charge in [0.1, 0.15) is 5.75 Å². The van der Waals surface area contributed by atoms with Crippen LogP contribution in [-0.4, -0.2) is 86.9 Å². The van der Waals surface area contributed by atoms with Crippen LogP contribution in [0.15, 0.2) is 42.7 Å². The number of thiazole rings is 1. The van der Waals surface area contributed by atoms with Gasteiger partial charge in [0, 0.05) is 0 Å². The first-order chi connectivity index (χ1) is 25.4. The van der Waals surface area contributed by atoms with Crippen LogP contribution in [0.5, 0.6) is 5.75 Å². The second-order valence-corrected chi connectivity index (χ2v) is 22.5. The van der Waals surface area contributed by atoms with Gasteiger partial charge in [-0.15, -0.1) is 0 Å². The van der Waals surface area contributed by atoms with Crippen LogP contribution in [0, 0.1) is 18.3 Å². The molecule has 2 amide bonds. The summed E-state index contributed by atoms with van der Waals surface area (Å²) in [7, 11) is 1.73. The van der Waals surface area contributed by atoms with Crippen molar-refractivity contribution in [3.8, 4) is 16.2 Å². The molecule has 288 valence electrons. The summed E-state index contributed by atoms with van der Waals surface area (Å²) < 4.78 is 18.7. The Morgan fingerprint density at radius 3 is 2.38 bits per heavy atom. The Hall–Kier alpha value is -2.81. The van der Waals surface area contributed by atoms with Gasteiger partial charge in [0.25, 0.3) is 0 Å². The average molecular weight is 859 g/mol. The third-order valence-electron chi connectivity index (χ3n) is 12.0. The maximum absolute atomic E-state index is 14.8. The molecule has 53 heavy (non-hydrogen) atoms. The van der Waals surface area contributed by atoms with Crippen LogP contribution in [0.1, 0.15) is 88.3 Å². The molecule has 1 aromatic carbocycles. The first kappa shape index (κ1) is 38.5. The molecular weight excluding hydrogens is 803 g/mol. The van der Waals surface area contributed by atoms with Crippen LogP contribution in [0.4, 0.5) is 10.6 Å². The SMILES string of the molecule is COc1ccc(C23CCC(CN(C(=O)C4CCI(OC(=O)N5CC(OCCO)C5)CC4)c4cc(-c5cnc(C(C)(C)C)s5)ccn4)(CC2)CC3)cc1C. The second kappa shape index (κ2) is 15.7. The Bertz CT molecular complexity index is 1750. The Morgan fingerprint density at radius 1 is 1.04 bits per heavy atom. The average Bonchev–Trinajstić information content (AvgIpc) is 3.66. The molecule has 12 heteroatoms. The van der Waals surface area contributed by atoms with Crippen molar-refractivity contribution in [1.82, 2.24) is 14.9 Å². The number of nitrogens with zero attached hydrogens (tertiary/aromatic N) is 4. The molecule has 3 aliphatic carbocycles. The Kier molecular flexibility index (Phi) is 11.4. The number of aliphatic hydroxyl groups excluding tert-OH is 1. The minimum Gasteiger partial charge on any atom is -0.0361 e. The predicted molar refractivity (Wildman–Crippen MR) is 217 cm³/mol. The van der Waals surface area contributed by atoms with E-state index >= 15 is 0 Å². The molecule has 5 aliphatic rings. The van der Waals surface area contributed by atoms with Crippen molar-refractivity contribution in [3.63, 3.8) is 0 Å². The number of methoxy groups -OCH3 is 1. The van der Waals surface area contributed by atoms with Crippen molar-refractivity contribution in [2.24, 2.45) is 11.3 Å². The number of carbonyl (C=O) groups is 2. The molecule has 0 radical (unpaired) electrons. The van der Waals surface area contributed by atoms with Crippen LogP contribution in [-0.2, 0) is 23.4 Å². The quantitative estimate of drug-likeness (QED) is 0.152. The van der Waals surface area contributed by atoms with E-state index in [9.17, 15) is 9.59 Å². The smallest absolute Gasteiger partial charge is 0.0361 e. The fourth-order valence-electron chi connectivity index (χ4n) is 8.57. The molecule has 10 nitrogen and oxygen atoms in total. The predicted octanol–water partition coefficient (Wildman–Crippen LogP) is 8.11. The Labute approximate surface area is 325 Å². The van der Waals surface area contributed by atoms with Gasteiger partial charge in [0.2, 0.25) is 0 Å². The zero-order chi connectivity index (χ0) is 37.4. The van der Waals surface area contributed by atoms with Gasteiger partial charge in [-0.25, -0.2) is 0 Å². The molecule has 2 saturated heterocycles. The molecule has 2 aliphatic heterocycles. The van der Waals surface area contributed by atoms with Gasteiger partial charge in [-0.3, -0.25) is 0 Å². The molecule has 8 rings (SSSR count). The van der Waals surface area contributed by atoms with Gasteiger partial charge in [-0.2, -0.15) is 0 Å². The molecule has 0 spiro atoms. The van der Waals surface area contributed by atoms with Crippen LogP contribution < -0.4 is 9.64 Å². The van der Waals surface area contributed by atoms with E-state index in [1.165, 1.54) is 11.1 Å². The Balaban J connectivity index is 1.06. The fourth-order valence-corrected chi connectivity index (χ4v) is 14.2. The van der Waals surface area contributed by atoms with E-state index in [4.69, 9.17) is 27.6 Å². The number of aryl methyl sites for hydroxylation is 1. The normalized spacial score (nSPS) is 24.2. The van der Waals surface area contributed by atoms with E-state index in [2.05, 4.69) is 52.0 Å². The van der Waals surface area contributed by atoms with Crippen molar-refractivity contribution in [3.05, 3.63) is 58.9 Å². The molecule has 4 heterocycles. The monoisotopic (exact) mass is 858 g/mol. The summed E-state index contributed by atoms with van der Waals surface area (Å²) in [5, 5.41) is 10.1. The van der Waals surface area contributed by atoms with Gasteiger partial charge in [0.05, 0.1) is 7.11 Å². The number of hydrogen-bond acceptors (Lipinski definition) is 9. The second-order valence-electron chi connectivity index (χ2n) is 16.6. The van der Waals surface area contributed by atoms with Gasteiger partial charge in [-0.05, 0) is 18.6 Å². The summed E-state index contributed by atoms with van der Waals surface area (Å²) >= 11 is -0.274. The Morgan fingerprint density at radius 2 is 1.75 bits per heavy atom. The van der Waals surface area contributed by atoms with Crippen LogP contribution in [0.25, 0.3) is 10.4 Å². The zero-order valence-corrected chi connectivity index (χ0v) is 34.8. The minimum absolute atomic E-state index is 0.0218. The molecule has 2 bridgehead atoms. The number of rotatable bonds is 11. The first-order valence-electron chi connectivity index (χ1n) is 19.1. The number of alkyl halides is 2. The molecule has 3 saturated carbocycles. The molecule has 0 atom stereocenters. The summed E-state index contributed by atoms with van der Waals surface area (Å²) in [6.45, 7) is 10.6. The number of fused-ring (bicyclic) bond motifs is 3. The number of ether oxygens (including phenoxy) is 2. The van der Waals surface area contributed by atoms with Crippen LogP contribution in [0.2, 0.25) is 0 Å². The number of pyridine rings is 1. The molecule has 0 unspecified atom stereocenters. The third-order valence-corrected chi connectivity index (χ3v) is 18.2. The van der Waals surface area contributed by atoms with Crippen molar-refractivity contribution >= 4 is 49.4 Å². The summed E-state index contributed by atoms with van der Waals surface area (Å²) in [6.07, 6.45) is 11.6. The van der Waals surface area contributed by atoms with E-state index in [1.807, 2.05) is 23.4 Å². The van der Waals surface area contributed by atoms with E-state index in [0.29, 0.717) is 19.6 Å². The standard InChI is InChI=1S/C41H55IN4O6S/c1-28-22-31(6-7-33(28)50-5)41-14-11-40(12-15-41,13-16-41)27-46(35-23-30(10-19-43-35)34-24-44-37(53-34)39(2,3)4)36(48)29-8-17-42(18-9-29)52-38(49)45-25-32(26-45)51-21-20-47/h6-7,10,19,22-24,29,32,47H,8-9,11-18,20-21,25-27H2,1-5H3. The van der Waals surface area contributed by atoms with E-state index < -0.39 is 20.2 Å². The number of anilines is 1. The number of carbonyl (C=O) groups excluding carboxylic acids is 2. The van der Waals surface area contributed by atoms with Gasteiger partial charge < -0.3 is 4.74 Å². The topological polar surface area (TPSA) is 114 Å². The number of aromatic nitrogens is 2. The fraction of sp³-hybridized carbons (Fsp3) is 0.610. The maximum atomic E-state index is 14.8. The number of likely N-dealkylation sites (tertiary alicyclic amines) is 1. The van der Waals surface area contributed by atoms with Crippen molar-refractivity contribution in [1.29, 1.82) is 0 Å². The summed E-state index contributed by atoms with van der Waals surface area (Å²) in [6, 6.07) is 10.8. The minimum atomic E-state index is -1.98. The number of hydrogen-bond donors (Lipinski definition) is 1. The molecular formula is C41H55IN4O6S. The molecule has 2 aromatic heterocycles. The first-order valence-corrected chi connectivity index (χ1v) is 23.9. The summed E-state index contributed by atoms with van der Waals surface area (Å²) in [4.78, 5) is 42.0.